The normalized spacial score (nSPS) is 13.1. The van der Waals surface area contributed by atoms with Gasteiger partial charge in [0.15, 0.2) is 6.10 Å². The highest BCUT2D eigenvalue weighted by molar-refractivity contribution is 5.72. The number of carbonyl (C=O) groups is 3. The second-order valence-electron chi connectivity index (χ2n) is 15.6. The van der Waals surface area contributed by atoms with E-state index in [-0.39, 0.29) is 31.6 Å². The molecule has 0 aromatic heterocycles. The Morgan fingerprint density at radius 1 is 0.355 bits per heavy atom. The van der Waals surface area contributed by atoms with Gasteiger partial charge in [-0.25, -0.2) is 0 Å². The van der Waals surface area contributed by atoms with Gasteiger partial charge in [-0.1, -0.05) is 206 Å². The molecule has 0 fully saturated rings. The highest BCUT2D eigenvalue weighted by atomic mass is 16.6. The average molecular weight is 857 g/mol. The molecule has 0 aliphatic heterocycles. The van der Waals surface area contributed by atoms with Crippen LogP contribution < -0.4 is 0 Å². The van der Waals surface area contributed by atoms with Crippen LogP contribution in [0.25, 0.3) is 0 Å². The van der Waals surface area contributed by atoms with Crippen molar-refractivity contribution in [3.05, 3.63) is 122 Å². The van der Waals surface area contributed by atoms with Gasteiger partial charge in [0.05, 0.1) is 6.42 Å². The fraction of sp³-hybridized carbons (Fsp3) is 0.589. The van der Waals surface area contributed by atoms with E-state index in [1.54, 1.807) is 6.08 Å². The largest absolute Gasteiger partial charge is 0.462 e. The lowest BCUT2D eigenvalue weighted by atomic mass is 10.1. The van der Waals surface area contributed by atoms with E-state index in [0.717, 1.165) is 103 Å². The van der Waals surface area contributed by atoms with E-state index in [0.29, 0.717) is 19.3 Å². The van der Waals surface area contributed by atoms with Crippen LogP contribution in [0.5, 0.6) is 0 Å². The van der Waals surface area contributed by atoms with Gasteiger partial charge in [0, 0.05) is 12.8 Å². The minimum Gasteiger partial charge on any atom is -0.462 e. The number of unbranched alkanes of at least 4 members (excludes halogenated alkanes) is 12. The summed E-state index contributed by atoms with van der Waals surface area (Å²) in [5, 5.41) is 0. The number of hydrogen-bond acceptors (Lipinski definition) is 6. The Hall–Kier alpha value is -4.19. The molecule has 0 saturated heterocycles. The Labute approximate surface area is 380 Å². The SMILES string of the molecule is CC/C=C\C/C=C\C/C=C\C/C=C\C/C=C\CCCCCC(=O)OCC(COC(=O)CCCCCCCCCCCC)OC(=O)C/C=C\C/C=C\C/C=C\C/C=C\C/C=C\CC. The molecule has 0 heterocycles. The van der Waals surface area contributed by atoms with Crippen molar-refractivity contribution >= 4 is 17.9 Å². The number of rotatable bonds is 42. The third-order valence-corrected chi connectivity index (χ3v) is 9.74. The second kappa shape index (κ2) is 49.5. The van der Waals surface area contributed by atoms with Crippen LogP contribution in [0.2, 0.25) is 0 Å². The molecule has 0 aromatic carbocycles. The monoisotopic (exact) mass is 857 g/mol. The van der Waals surface area contributed by atoms with Crippen LogP contribution in [0.15, 0.2) is 122 Å². The number of ether oxygens (including phenoxy) is 3. The van der Waals surface area contributed by atoms with Crippen LogP contribution in [0, 0.1) is 0 Å². The lowest BCUT2D eigenvalue weighted by molar-refractivity contribution is -0.166. The number of esters is 3. The molecule has 62 heavy (non-hydrogen) atoms. The molecule has 0 radical (unpaired) electrons. The molecule has 6 nitrogen and oxygen atoms in total. The van der Waals surface area contributed by atoms with Crippen LogP contribution in [0.4, 0.5) is 0 Å². The molecule has 348 valence electrons. The summed E-state index contributed by atoms with van der Waals surface area (Å²) in [7, 11) is 0. The summed E-state index contributed by atoms with van der Waals surface area (Å²) in [6.45, 7) is 6.26. The molecule has 0 N–H and O–H groups in total. The topological polar surface area (TPSA) is 78.9 Å². The van der Waals surface area contributed by atoms with Crippen molar-refractivity contribution in [3.63, 3.8) is 0 Å². The van der Waals surface area contributed by atoms with Crippen molar-refractivity contribution < 1.29 is 28.6 Å². The van der Waals surface area contributed by atoms with Gasteiger partial charge in [-0.2, -0.15) is 0 Å². The molecular formula is C56H88O6. The van der Waals surface area contributed by atoms with Crippen LogP contribution in [-0.4, -0.2) is 37.2 Å². The zero-order valence-corrected chi connectivity index (χ0v) is 39.6. The lowest BCUT2D eigenvalue weighted by Gasteiger charge is -2.18. The Balaban J connectivity index is 4.56. The number of carbonyl (C=O) groups excluding carboxylic acids is 3. The van der Waals surface area contributed by atoms with Crippen molar-refractivity contribution in [3.8, 4) is 0 Å². The van der Waals surface area contributed by atoms with Crippen LogP contribution >= 0.6 is 0 Å². The Kier molecular flexibility index (Phi) is 46.1. The summed E-state index contributed by atoms with van der Waals surface area (Å²) in [6.07, 6.45) is 67.8. The summed E-state index contributed by atoms with van der Waals surface area (Å²) in [4.78, 5) is 37.8. The lowest BCUT2D eigenvalue weighted by Crippen LogP contribution is -2.30. The van der Waals surface area contributed by atoms with E-state index in [1.807, 2.05) is 6.08 Å². The smallest absolute Gasteiger partial charge is 0.310 e. The number of allylic oxidation sites excluding steroid dienone is 19. The van der Waals surface area contributed by atoms with E-state index in [9.17, 15) is 14.4 Å². The van der Waals surface area contributed by atoms with Crippen molar-refractivity contribution in [1.82, 2.24) is 0 Å². The fourth-order valence-electron chi connectivity index (χ4n) is 6.13. The summed E-state index contributed by atoms with van der Waals surface area (Å²) < 4.78 is 16.6. The molecular weight excluding hydrogens is 769 g/mol. The molecule has 0 aliphatic carbocycles. The third kappa shape index (κ3) is 46.9. The molecule has 0 saturated carbocycles. The quantitative estimate of drug-likeness (QED) is 0.0263. The summed E-state index contributed by atoms with van der Waals surface area (Å²) in [6, 6.07) is 0. The van der Waals surface area contributed by atoms with Gasteiger partial charge in [-0.3, -0.25) is 14.4 Å². The molecule has 0 amide bonds. The maximum Gasteiger partial charge on any atom is 0.310 e. The van der Waals surface area contributed by atoms with Gasteiger partial charge in [0.2, 0.25) is 0 Å². The molecule has 0 bridgehead atoms. The maximum absolute atomic E-state index is 12.7. The summed E-state index contributed by atoms with van der Waals surface area (Å²) in [5.74, 6) is -1.11. The average Bonchev–Trinajstić information content (AvgIpc) is 3.27. The van der Waals surface area contributed by atoms with E-state index >= 15 is 0 Å². The molecule has 6 heteroatoms. The fourth-order valence-corrected chi connectivity index (χ4v) is 6.13. The van der Waals surface area contributed by atoms with Crippen molar-refractivity contribution in [2.45, 2.75) is 200 Å². The van der Waals surface area contributed by atoms with Gasteiger partial charge in [-0.15, -0.1) is 0 Å². The first-order valence-electron chi connectivity index (χ1n) is 24.5. The van der Waals surface area contributed by atoms with Crippen molar-refractivity contribution in [2.75, 3.05) is 13.2 Å². The molecule has 0 aliphatic rings. The first-order chi connectivity index (χ1) is 30.5. The molecule has 1 atom stereocenters. The molecule has 0 spiro atoms. The van der Waals surface area contributed by atoms with E-state index < -0.39 is 12.1 Å². The first-order valence-corrected chi connectivity index (χ1v) is 24.5. The third-order valence-electron chi connectivity index (χ3n) is 9.74. The van der Waals surface area contributed by atoms with Gasteiger partial charge in [0.1, 0.15) is 13.2 Å². The Morgan fingerprint density at radius 3 is 1.06 bits per heavy atom. The highest BCUT2D eigenvalue weighted by Gasteiger charge is 2.19. The van der Waals surface area contributed by atoms with Crippen molar-refractivity contribution in [2.24, 2.45) is 0 Å². The summed E-state index contributed by atoms with van der Waals surface area (Å²) >= 11 is 0. The molecule has 1 unspecified atom stereocenters. The number of hydrogen-bond donors (Lipinski definition) is 0. The second-order valence-corrected chi connectivity index (χ2v) is 15.6. The van der Waals surface area contributed by atoms with Gasteiger partial charge in [-0.05, 0) is 89.9 Å². The van der Waals surface area contributed by atoms with E-state index in [4.69, 9.17) is 14.2 Å². The minimum absolute atomic E-state index is 0.0857. The zero-order valence-electron chi connectivity index (χ0n) is 39.6. The van der Waals surface area contributed by atoms with Gasteiger partial charge >= 0.3 is 17.9 Å². The first kappa shape index (κ1) is 57.8. The Morgan fingerprint density at radius 2 is 0.677 bits per heavy atom. The van der Waals surface area contributed by atoms with E-state index in [1.165, 1.54) is 44.9 Å². The molecule has 0 aromatic rings. The predicted octanol–water partition coefficient (Wildman–Crippen LogP) is 16.1. The molecule has 0 rings (SSSR count). The van der Waals surface area contributed by atoms with Crippen LogP contribution in [-0.2, 0) is 28.6 Å². The van der Waals surface area contributed by atoms with Crippen molar-refractivity contribution in [1.29, 1.82) is 0 Å². The Bertz CT molecular complexity index is 1350. The zero-order chi connectivity index (χ0) is 45.1. The predicted molar refractivity (Wildman–Crippen MR) is 265 cm³/mol. The maximum atomic E-state index is 12.7. The standard InChI is InChI=1S/C56H88O6/c1-4-7-10-13-16-19-22-24-26-27-28-29-31-32-34-37-40-43-46-49-55(58)61-52-53(51-60-54(57)48-45-42-39-36-21-18-15-12-9-6-3)62-56(59)50-47-44-41-38-35-33-30-25-23-20-17-14-11-8-5-2/h7-8,10-11,16-17,19-20,24-26,28-30,32,34-35,38,44,47,53H,4-6,9,12-15,18,21-23,27,31,33,36-37,39-43,45-46,48-52H2,1-3H3/b10-7-,11-8-,19-16-,20-17-,26-24-,29-28-,30-25-,34-32-,38-35-,47-44-. The van der Waals surface area contributed by atoms with Gasteiger partial charge < -0.3 is 14.2 Å². The van der Waals surface area contributed by atoms with Crippen LogP contribution in [0.1, 0.15) is 194 Å². The minimum atomic E-state index is -0.846. The summed E-state index contributed by atoms with van der Waals surface area (Å²) in [5.41, 5.74) is 0. The van der Waals surface area contributed by atoms with Gasteiger partial charge in [0.25, 0.3) is 0 Å². The van der Waals surface area contributed by atoms with Crippen LogP contribution in [0.3, 0.4) is 0 Å². The highest BCUT2D eigenvalue weighted by Crippen LogP contribution is 2.12. The van der Waals surface area contributed by atoms with E-state index in [2.05, 4.69) is 130 Å².